The summed E-state index contributed by atoms with van der Waals surface area (Å²) >= 11 is 1.19. The third-order valence-corrected chi connectivity index (χ3v) is 6.02. The Morgan fingerprint density at radius 3 is 2.71 bits per heavy atom. The second kappa shape index (κ2) is 6.69. The molecule has 0 bridgehead atoms. The van der Waals surface area contributed by atoms with Crippen molar-refractivity contribution in [1.82, 2.24) is 14.5 Å². The molecule has 0 fully saturated rings. The van der Waals surface area contributed by atoms with Gasteiger partial charge in [-0.1, -0.05) is 0 Å². The molecule has 0 aliphatic rings. The molecule has 0 atom stereocenters. The summed E-state index contributed by atoms with van der Waals surface area (Å²) in [5.74, 6) is 0. The van der Waals surface area contributed by atoms with Crippen molar-refractivity contribution in [1.29, 1.82) is 0 Å². The highest BCUT2D eigenvalue weighted by Crippen LogP contribution is 2.19. The highest BCUT2D eigenvalue weighted by molar-refractivity contribution is 7.91. The first-order valence-electron chi connectivity index (χ1n) is 6.70. The fourth-order valence-electron chi connectivity index (χ4n) is 2.01. The van der Waals surface area contributed by atoms with Crippen LogP contribution in [0.2, 0.25) is 0 Å². The predicted octanol–water partition coefficient (Wildman–Crippen LogP) is 1.39. The van der Waals surface area contributed by atoms with E-state index in [1.165, 1.54) is 11.3 Å². The molecule has 6 nitrogen and oxygen atoms in total. The van der Waals surface area contributed by atoms with E-state index in [-0.39, 0.29) is 0 Å². The molecule has 0 aliphatic heterocycles. The maximum atomic E-state index is 12.1. The Balaban J connectivity index is 1.86. The van der Waals surface area contributed by atoms with Crippen LogP contribution in [0.4, 0.5) is 0 Å². The average Bonchev–Trinajstić information content (AvgIpc) is 3.02. The van der Waals surface area contributed by atoms with Crippen LogP contribution in [0.15, 0.2) is 21.7 Å². The van der Waals surface area contributed by atoms with Gasteiger partial charge >= 0.3 is 0 Å². The fourth-order valence-corrected chi connectivity index (χ4v) is 4.35. The van der Waals surface area contributed by atoms with Gasteiger partial charge in [0.05, 0.1) is 5.69 Å². The number of rotatable bonds is 7. The first kappa shape index (κ1) is 16.2. The Morgan fingerprint density at radius 2 is 2.14 bits per heavy atom. The first-order chi connectivity index (χ1) is 9.92. The van der Waals surface area contributed by atoms with Crippen LogP contribution < -0.4 is 10.5 Å². The largest absolute Gasteiger partial charge is 0.326 e. The molecule has 3 N–H and O–H groups in total. The van der Waals surface area contributed by atoms with Crippen molar-refractivity contribution < 1.29 is 8.42 Å². The smallest absolute Gasteiger partial charge is 0.250 e. The van der Waals surface area contributed by atoms with Crippen LogP contribution >= 0.6 is 11.3 Å². The van der Waals surface area contributed by atoms with Crippen molar-refractivity contribution in [2.45, 2.75) is 37.6 Å². The van der Waals surface area contributed by atoms with Gasteiger partial charge in [-0.05, 0) is 43.3 Å². The van der Waals surface area contributed by atoms with Crippen molar-refractivity contribution in [3.8, 4) is 0 Å². The maximum Gasteiger partial charge on any atom is 0.250 e. The number of aryl methyl sites for hydroxylation is 3. The van der Waals surface area contributed by atoms with Gasteiger partial charge in [-0.25, -0.2) is 13.1 Å². The van der Waals surface area contributed by atoms with Crippen LogP contribution in [0.3, 0.4) is 0 Å². The molecule has 0 amide bonds. The van der Waals surface area contributed by atoms with Gasteiger partial charge in [0.1, 0.15) is 4.21 Å². The maximum absolute atomic E-state index is 12.1. The molecule has 0 saturated carbocycles. The van der Waals surface area contributed by atoms with Crippen molar-refractivity contribution >= 4 is 21.4 Å². The molecule has 0 unspecified atom stereocenters. The second-order valence-corrected chi connectivity index (χ2v) is 7.78. The van der Waals surface area contributed by atoms with Gasteiger partial charge in [-0.15, -0.1) is 11.3 Å². The number of hydrogen-bond donors (Lipinski definition) is 2. The first-order valence-corrected chi connectivity index (χ1v) is 9.07. The van der Waals surface area contributed by atoms with Crippen LogP contribution in [-0.2, 0) is 23.1 Å². The fraction of sp³-hybridized carbons (Fsp3) is 0.462. The number of sulfonamides is 1. The summed E-state index contributed by atoms with van der Waals surface area (Å²) < 4.78 is 29.0. The minimum atomic E-state index is -3.43. The van der Waals surface area contributed by atoms with Crippen LogP contribution in [0.25, 0.3) is 0 Å². The minimum Gasteiger partial charge on any atom is -0.326 e. The summed E-state index contributed by atoms with van der Waals surface area (Å²) in [6, 6.07) is 3.62. The highest BCUT2D eigenvalue weighted by atomic mass is 32.2. The van der Waals surface area contributed by atoms with Crippen molar-refractivity contribution in [2.75, 3.05) is 6.54 Å². The lowest BCUT2D eigenvalue weighted by atomic mass is 10.4. The van der Waals surface area contributed by atoms with E-state index in [4.69, 9.17) is 5.73 Å². The number of nitrogens with two attached hydrogens (primary N) is 1. The number of nitrogens with one attached hydrogen (secondary N) is 1. The van der Waals surface area contributed by atoms with Gasteiger partial charge in [0.25, 0.3) is 0 Å². The van der Waals surface area contributed by atoms with Crippen LogP contribution in [0, 0.1) is 13.8 Å². The van der Waals surface area contributed by atoms with E-state index < -0.39 is 10.0 Å². The van der Waals surface area contributed by atoms with E-state index in [2.05, 4.69) is 9.82 Å². The van der Waals surface area contributed by atoms with Crippen molar-refractivity contribution in [2.24, 2.45) is 5.73 Å². The van der Waals surface area contributed by atoms with Crippen LogP contribution in [0.5, 0.6) is 0 Å². The summed E-state index contributed by atoms with van der Waals surface area (Å²) in [6.07, 6.45) is 0.691. The molecule has 21 heavy (non-hydrogen) atoms. The normalized spacial score (nSPS) is 12.0. The van der Waals surface area contributed by atoms with E-state index in [0.29, 0.717) is 30.3 Å². The van der Waals surface area contributed by atoms with Gasteiger partial charge < -0.3 is 5.73 Å². The lowest BCUT2D eigenvalue weighted by Gasteiger charge is -2.06. The Bertz CT molecular complexity index is 704. The van der Waals surface area contributed by atoms with Gasteiger partial charge in [-0.2, -0.15) is 5.10 Å². The zero-order valence-corrected chi connectivity index (χ0v) is 13.8. The molecule has 0 spiro atoms. The van der Waals surface area contributed by atoms with Crippen LogP contribution in [0.1, 0.15) is 23.4 Å². The monoisotopic (exact) mass is 328 g/mol. The Kier molecular flexibility index (Phi) is 5.15. The quantitative estimate of drug-likeness (QED) is 0.752. The molecule has 0 radical (unpaired) electrons. The topological polar surface area (TPSA) is 90.0 Å². The Hall–Kier alpha value is -1.22. The van der Waals surface area contributed by atoms with Crippen molar-refractivity contribution in [3.05, 3.63) is 34.5 Å². The summed E-state index contributed by atoms with van der Waals surface area (Å²) in [5.41, 5.74) is 8.38. The summed E-state index contributed by atoms with van der Waals surface area (Å²) in [4.78, 5) is 0. The van der Waals surface area contributed by atoms with Gasteiger partial charge in [0.15, 0.2) is 0 Å². The lowest BCUT2D eigenvalue weighted by molar-refractivity contribution is 0.545. The highest BCUT2D eigenvalue weighted by Gasteiger charge is 2.15. The molecular weight excluding hydrogens is 308 g/mol. The number of nitrogens with zero attached hydrogens (tertiary/aromatic N) is 2. The molecule has 2 heterocycles. The molecule has 0 saturated heterocycles. The average molecular weight is 328 g/mol. The third kappa shape index (κ3) is 4.13. The van der Waals surface area contributed by atoms with Gasteiger partial charge in [0, 0.05) is 25.3 Å². The van der Waals surface area contributed by atoms with Crippen molar-refractivity contribution in [3.63, 3.8) is 0 Å². The zero-order chi connectivity index (χ0) is 15.5. The molecular formula is C13H20N4O2S2. The SMILES string of the molecule is Cc1cc(C)n(CCCNS(=O)(=O)c2cc(CN)cs2)n1. The minimum absolute atomic E-state index is 0.314. The van der Waals surface area contributed by atoms with Gasteiger partial charge in [-0.3, -0.25) is 4.68 Å². The lowest BCUT2D eigenvalue weighted by Crippen LogP contribution is -2.25. The predicted molar refractivity (Wildman–Crippen MR) is 83.7 cm³/mol. The Labute approximate surface area is 129 Å². The van der Waals surface area contributed by atoms with E-state index in [9.17, 15) is 8.42 Å². The molecule has 2 aromatic rings. The zero-order valence-electron chi connectivity index (χ0n) is 12.2. The van der Waals surface area contributed by atoms with Crippen LogP contribution in [-0.4, -0.2) is 24.7 Å². The number of hydrogen-bond acceptors (Lipinski definition) is 5. The number of aromatic nitrogens is 2. The van der Waals surface area contributed by atoms with E-state index >= 15 is 0 Å². The molecule has 0 aliphatic carbocycles. The van der Waals surface area contributed by atoms with E-state index in [1.54, 1.807) is 11.4 Å². The third-order valence-electron chi connectivity index (χ3n) is 3.07. The summed E-state index contributed by atoms with van der Waals surface area (Å²) in [6.45, 7) is 5.36. The molecule has 0 aromatic carbocycles. The molecule has 2 rings (SSSR count). The summed E-state index contributed by atoms with van der Waals surface area (Å²) in [7, 11) is -3.43. The second-order valence-electron chi connectivity index (χ2n) is 4.88. The van der Waals surface area contributed by atoms with E-state index in [1.807, 2.05) is 24.6 Å². The molecule has 8 heteroatoms. The van der Waals surface area contributed by atoms with E-state index in [0.717, 1.165) is 17.0 Å². The Morgan fingerprint density at radius 1 is 1.38 bits per heavy atom. The molecule has 116 valence electrons. The van der Waals surface area contributed by atoms with Gasteiger partial charge in [0.2, 0.25) is 10.0 Å². The summed E-state index contributed by atoms with van der Waals surface area (Å²) in [5, 5.41) is 6.11. The standard InChI is InChI=1S/C13H20N4O2S2/c1-10-6-11(2)17(16-10)5-3-4-15-21(18,19)13-7-12(8-14)9-20-13/h6-7,9,15H,3-5,8,14H2,1-2H3. The number of thiophene rings is 1. The molecule has 2 aromatic heterocycles.